The summed E-state index contributed by atoms with van der Waals surface area (Å²) in [6.45, 7) is 6.00. The van der Waals surface area contributed by atoms with Gasteiger partial charge in [0.25, 0.3) is 5.56 Å². The molecule has 146 valence electrons. The molecule has 0 bridgehead atoms. The summed E-state index contributed by atoms with van der Waals surface area (Å²) in [6.07, 6.45) is 0.810. The lowest BCUT2D eigenvalue weighted by molar-refractivity contribution is -0.119. The Morgan fingerprint density at radius 3 is 2.50 bits per heavy atom. The molecular formula is C22H25N3O2S. The fourth-order valence-corrected chi connectivity index (χ4v) is 3.95. The van der Waals surface area contributed by atoms with Crippen LogP contribution in [0.5, 0.6) is 0 Å². The largest absolute Gasteiger partial charge is 0.349 e. The number of amides is 1. The van der Waals surface area contributed by atoms with E-state index in [4.69, 9.17) is 0 Å². The molecule has 0 aliphatic rings. The molecule has 5 nitrogen and oxygen atoms in total. The molecule has 0 spiro atoms. The third-order valence-electron chi connectivity index (χ3n) is 4.82. The van der Waals surface area contributed by atoms with E-state index in [1.165, 1.54) is 11.8 Å². The van der Waals surface area contributed by atoms with Crippen LogP contribution < -0.4 is 10.9 Å². The number of hydrogen-bond acceptors (Lipinski definition) is 4. The zero-order valence-corrected chi connectivity index (χ0v) is 17.2. The van der Waals surface area contributed by atoms with Gasteiger partial charge in [0.2, 0.25) is 5.91 Å². The molecule has 0 unspecified atom stereocenters. The van der Waals surface area contributed by atoms with Crippen molar-refractivity contribution in [3.63, 3.8) is 0 Å². The van der Waals surface area contributed by atoms with Gasteiger partial charge >= 0.3 is 0 Å². The number of rotatable bonds is 7. The third kappa shape index (κ3) is 4.44. The maximum Gasteiger partial charge on any atom is 0.262 e. The molecule has 0 radical (unpaired) electrons. The van der Waals surface area contributed by atoms with Crippen LogP contribution in [0.2, 0.25) is 0 Å². The highest BCUT2D eigenvalue weighted by molar-refractivity contribution is 7.99. The van der Waals surface area contributed by atoms with Gasteiger partial charge in [-0.05, 0) is 38.0 Å². The van der Waals surface area contributed by atoms with Crippen LogP contribution in [0, 0.1) is 0 Å². The molecule has 1 heterocycles. The average molecular weight is 396 g/mol. The SMILES string of the molecule is CC[C@H](C)n1c(SCC(=O)N[C@H](C)c2ccccc2)nc2ccccc2c1=O. The molecular weight excluding hydrogens is 370 g/mol. The van der Waals surface area contributed by atoms with Crippen molar-refractivity contribution in [2.45, 2.75) is 44.4 Å². The molecule has 1 N–H and O–H groups in total. The average Bonchev–Trinajstić information content (AvgIpc) is 2.72. The molecule has 0 fully saturated rings. The molecule has 3 aromatic rings. The van der Waals surface area contributed by atoms with E-state index in [-0.39, 0.29) is 29.3 Å². The first kappa shape index (κ1) is 20.1. The number of hydrogen-bond donors (Lipinski definition) is 1. The van der Waals surface area contributed by atoms with Crippen molar-refractivity contribution in [3.8, 4) is 0 Å². The standard InChI is InChI=1S/C22H25N3O2S/c1-4-15(2)25-21(27)18-12-8-9-13-19(18)24-22(25)28-14-20(26)23-16(3)17-10-6-5-7-11-17/h5-13,15-16H,4,14H2,1-3H3,(H,23,26)/t15-,16+/m0/s1. The van der Waals surface area contributed by atoms with Crippen molar-refractivity contribution in [2.75, 3.05) is 5.75 Å². The Labute approximate surface area is 169 Å². The van der Waals surface area contributed by atoms with E-state index in [0.29, 0.717) is 16.1 Å². The van der Waals surface area contributed by atoms with E-state index < -0.39 is 0 Å². The predicted octanol–water partition coefficient (Wildman–Crippen LogP) is 4.34. The fraction of sp³-hybridized carbons (Fsp3) is 0.318. The van der Waals surface area contributed by atoms with Gasteiger partial charge in [-0.2, -0.15) is 0 Å². The quantitative estimate of drug-likeness (QED) is 0.477. The Balaban J connectivity index is 1.79. The Kier molecular flexibility index (Phi) is 6.52. The Morgan fingerprint density at radius 1 is 1.11 bits per heavy atom. The highest BCUT2D eigenvalue weighted by Crippen LogP contribution is 2.22. The zero-order valence-electron chi connectivity index (χ0n) is 16.4. The second kappa shape index (κ2) is 9.06. The van der Waals surface area contributed by atoms with Gasteiger partial charge in [0.1, 0.15) is 0 Å². The lowest BCUT2D eigenvalue weighted by Gasteiger charge is -2.18. The topological polar surface area (TPSA) is 64.0 Å². The van der Waals surface area contributed by atoms with Crippen LogP contribution in [0.4, 0.5) is 0 Å². The molecule has 6 heteroatoms. The normalized spacial score (nSPS) is 13.2. The van der Waals surface area contributed by atoms with Crippen molar-refractivity contribution in [2.24, 2.45) is 0 Å². The smallest absolute Gasteiger partial charge is 0.262 e. The first-order valence-corrected chi connectivity index (χ1v) is 10.5. The van der Waals surface area contributed by atoms with Gasteiger partial charge in [0, 0.05) is 6.04 Å². The number of aromatic nitrogens is 2. The van der Waals surface area contributed by atoms with E-state index in [0.717, 1.165) is 12.0 Å². The second-order valence-corrected chi connectivity index (χ2v) is 7.78. The number of carbonyl (C=O) groups excluding carboxylic acids is 1. The fourth-order valence-electron chi connectivity index (χ4n) is 3.04. The number of fused-ring (bicyclic) bond motifs is 1. The minimum Gasteiger partial charge on any atom is -0.349 e. The summed E-state index contributed by atoms with van der Waals surface area (Å²) < 4.78 is 1.71. The number of nitrogens with zero attached hydrogens (tertiary/aromatic N) is 2. The number of carbonyl (C=O) groups is 1. The lowest BCUT2D eigenvalue weighted by Crippen LogP contribution is -2.29. The highest BCUT2D eigenvalue weighted by atomic mass is 32.2. The summed E-state index contributed by atoms with van der Waals surface area (Å²) in [5, 5.41) is 4.20. The summed E-state index contributed by atoms with van der Waals surface area (Å²) in [6, 6.07) is 17.1. The van der Waals surface area contributed by atoms with Crippen molar-refractivity contribution in [1.29, 1.82) is 0 Å². The Bertz CT molecular complexity index is 1020. The summed E-state index contributed by atoms with van der Waals surface area (Å²) in [5.41, 5.74) is 1.66. The van der Waals surface area contributed by atoms with Crippen molar-refractivity contribution >= 4 is 28.6 Å². The predicted molar refractivity (Wildman–Crippen MR) is 115 cm³/mol. The minimum atomic E-state index is -0.0838. The van der Waals surface area contributed by atoms with E-state index >= 15 is 0 Å². The lowest BCUT2D eigenvalue weighted by atomic mass is 10.1. The highest BCUT2D eigenvalue weighted by Gasteiger charge is 2.17. The number of para-hydroxylation sites is 1. The monoisotopic (exact) mass is 395 g/mol. The van der Waals surface area contributed by atoms with Crippen LogP contribution in [0.1, 0.15) is 44.8 Å². The molecule has 2 atom stereocenters. The Hall–Kier alpha value is -2.60. The molecule has 1 aromatic heterocycles. The molecule has 0 saturated heterocycles. The minimum absolute atomic E-state index is 0.0124. The van der Waals surface area contributed by atoms with Crippen molar-refractivity contribution < 1.29 is 4.79 Å². The van der Waals surface area contributed by atoms with E-state index in [1.807, 2.05) is 69.3 Å². The third-order valence-corrected chi connectivity index (χ3v) is 5.77. The maximum atomic E-state index is 13.0. The summed E-state index contributed by atoms with van der Waals surface area (Å²) in [7, 11) is 0. The van der Waals surface area contributed by atoms with E-state index in [9.17, 15) is 9.59 Å². The number of benzene rings is 2. The van der Waals surface area contributed by atoms with Crippen LogP contribution in [0.25, 0.3) is 10.9 Å². The first-order chi connectivity index (χ1) is 13.5. The van der Waals surface area contributed by atoms with Gasteiger partial charge in [-0.3, -0.25) is 14.2 Å². The maximum absolute atomic E-state index is 13.0. The number of nitrogens with one attached hydrogen (secondary N) is 1. The van der Waals surface area contributed by atoms with Gasteiger partial charge < -0.3 is 5.32 Å². The molecule has 0 aliphatic heterocycles. The molecule has 0 saturated carbocycles. The van der Waals surface area contributed by atoms with Crippen molar-refractivity contribution in [3.05, 3.63) is 70.5 Å². The van der Waals surface area contributed by atoms with E-state index in [1.54, 1.807) is 10.6 Å². The van der Waals surface area contributed by atoms with E-state index in [2.05, 4.69) is 10.3 Å². The van der Waals surface area contributed by atoms with Gasteiger partial charge in [0.05, 0.1) is 22.7 Å². The van der Waals surface area contributed by atoms with Crippen molar-refractivity contribution in [1.82, 2.24) is 14.9 Å². The summed E-state index contributed by atoms with van der Waals surface area (Å²) in [4.78, 5) is 30.1. The van der Waals surface area contributed by atoms with Crippen LogP contribution in [0.15, 0.2) is 64.5 Å². The number of thioether (sulfide) groups is 1. The summed E-state index contributed by atoms with van der Waals surface area (Å²) in [5.74, 6) is 0.123. The Morgan fingerprint density at radius 2 is 1.79 bits per heavy atom. The zero-order chi connectivity index (χ0) is 20.1. The van der Waals surface area contributed by atoms with Gasteiger partial charge in [-0.1, -0.05) is 61.2 Å². The van der Waals surface area contributed by atoms with Gasteiger partial charge in [0.15, 0.2) is 5.16 Å². The van der Waals surface area contributed by atoms with Crippen LogP contribution in [-0.4, -0.2) is 21.2 Å². The molecule has 1 amide bonds. The molecule has 3 rings (SSSR count). The van der Waals surface area contributed by atoms with Crippen LogP contribution in [0.3, 0.4) is 0 Å². The first-order valence-electron chi connectivity index (χ1n) is 9.49. The second-order valence-electron chi connectivity index (χ2n) is 6.83. The van der Waals surface area contributed by atoms with Gasteiger partial charge in [-0.15, -0.1) is 0 Å². The van der Waals surface area contributed by atoms with Gasteiger partial charge in [-0.25, -0.2) is 4.98 Å². The van der Waals surface area contributed by atoms with Crippen LogP contribution in [-0.2, 0) is 4.79 Å². The van der Waals surface area contributed by atoms with Crippen LogP contribution >= 0.6 is 11.8 Å². The molecule has 0 aliphatic carbocycles. The molecule has 28 heavy (non-hydrogen) atoms. The molecule has 2 aromatic carbocycles. The summed E-state index contributed by atoms with van der Waals surface area (Å²) >= 11 is 1.30.